The highest BCUT2D eigenvalue weighted by Gasteiger charge is 2.26. The molecule has 1 atom stereocenters. The monoisotopic (exact) mass is 776 g/mol. The summed E-state index contributed by atoms with van der Waals surface area (Å²) in [6, 6.07) is 0. The minimum absolute atomic E-state index is 0.0779. The molecule has 1 unspecified atom stereocenters. The first-order valence-corrected chi connectivity index (χ1v) is 23.8. The van der Waals surface area contributed by atoms with E-state index in [1.807, 2.05) is 0 Å². The van der Waals surface area contributed by atoms with Crippen molar-refractivity contribution in [3.8, 4) is 0 Å². The van der Waals surface area contributed by atoms with Crippen molar-refractivity contribution in [3.05, 3.63) is 0 Å². The fourth-order valence-corrected chi connectivity index (χ4v) is 7.57. The van der Waals surface area contributed by atoms with Gasteiger partial charge in [0.1, 0.15) is 0 Å². The Morgan fingerprint density at radius 1 is 0.500 bits per heavy atom. The summed E-state index contributed by atoms with van der Waals surface area (Å²) in [6.07, 6.45) is 35.4. The SMILES string of the molecule is CCCCCCCCCOC(=O)CCCCCCCN(CCCCCCCC(C)OC(CCCCCCCC)CCCCCCCC)CCCC(F)(F)F. The van der Waals surface area contributed by atoms with E-state index < -0.39 is 12.6 Å². The summed E-state index contributed by atoms with van der Waals surface area (Å²) >= 11 is 0. The fourth-order valence-electron chi connectivity index (χ4n) is 7.57. The van der Waals surface area contributed by atoms with Crippen LogP contribution in [0.2, 0.25) is 0 Å². The van der Waals surface area contributed by atoms with Crippen LogP contribution in [0.5, 0.6) is 0 Å². The van der Waals surface area contributed by atoms with Gasteiger partial charge >= 0.3 is 12.1 Å². The molecule has 0 aliphatic rings. The topological polar surface area (TPSA) is 38.8 Å². The van der Waals surface area contributed by atoms with Gasteiger partial charge in [0.15, 0.2) is 0 Å². The molecule has 0 bridgehead atoms. The lowest BCUT2D eigenvalue weighted by Crippen LogP contribution is -2.28. The first-order chi connectivity index (χ1) is 26.2. The number of unbranched alkanes of at least 4 members (excludes halogenated alkanes) is 24. The molecular weight excluding hydrogens is 684 g/mol. The summed E-state index contributed by atoms with van der Waals surface area (Å²) < 4.78 is 50.6. The van der Waals surface area contributed by atoms with Gasteiger partial charge in [-0.2, -0.15) is 13.2 Å². The number of alkyl halides is 3. The molecule has 0 aliphatic heterocycles. The number of rotatable bonds is 43. The standard InChI is InChI=1S/C47H92F3NO3/c1-5-8-11-14-17-26-33-43-53-46(52)38-30-23-19-25-32-41-51(42-34-39-47(48,49)50)40-31-24-18-20-27-35-44(4)54-45(36-28-21-15-12-9-6-2)37-29-22-16-13-10-7-3/h44-45H,5-43H2,1-4H3. The number of nitrogens with zero attached hydrogens (tertiary/aromatic N) is 1. The van der Waals surface area contributed by atoms with E-state index in [1.54, 1.807) is 0 Å². The van der Waals surface area contributed by atoms with Gasteiger partial charge in [-0.1, -0.05) is 181 Å². The maximum absolute atomic E-state index is 12.8. The molecule has 54 heavy (non-hydrogen) atoms. The molecule has 0 spiro atoms. The van der Waals surface area contributed by atoms with Gasteiger partial charge in [-0.15, -0.1) is 0 Å². The number of ether oxygens (including phenoxy) is 2. The van der Waals surface area contributed by atoms with Gasteiger partial charge in [-0.25, -0.2) is 0 Å². The molecule has 0 amide bonds. The first-order valence-electron chi connectivity index (χ1n) is 23.8. The molecule has 0 radical (unpaired) electrons. The van der Waals surface area contributed by atoms with Gasteiger partial charge in [0.25, 0.3) is 0 Å². The number of esters is 1. The lowest BCUT2D eigenvalue weighted by molar-refractivity contribution is -0.144. The van der Waals surface area contributed by atoms with Gasteiger partial charge < -0.3 is 14.4 Å². The third kappa shape index (κ3) is 40.8. The zero-order valence-corrected chi connectivity index (χ0v) is 36.5. The lowest BCUT2D eigenvalue weighted by atomic mass is 10.0. The average molecular weight is 776 g/mol. The van der Waals surface area contributed by atoms with Crippen molar-refractivity contribution >= 4 is 5.97 Å². The van der Waals surface area contributed by atoms with Crippen molar-refractivity contribution < 1.29 is 27.4 Å². The summed E-state index contributed by atoms with van der Waals surface area (Å²) in [5.41, 5.74) is 0. The first kappa shape index (κ1) is 53.2. The second-order valence-corrected chi connectivity index (χ2v) is 16.7. The van der Waals surface area contributed by atoms with Crippen LogP contribution >= 0.6 is 0 Å². The van der Waals surface area contributed by atoms with E-state index in [1.165, 1.54) is 141 Å². The van der Waals surface area contributed by atoms with E-state index in [2.05, 4.69) is 32.6 Å². The maximum Gasteiger partial charge on any atom is 0.389 e. The Labute approximate surface area is 334 Å². The molecule has 0 fully saturated rings. The molecule has 0 heterocycles. The summed E-state index contributed by atoms with van der Waals surface area (Å²) in [4.78, 5) is 14.3. The predicted molar refractivity (Wildman–Crippen MR) is 226 cm³/mol. The number of hydrogen-bond donors (Lipinski definition) is 0. The minimum atomic E-state index is -4.08. The second-order valence-electron chi connectivity index (χ2n) is 16.7. The van der Waals surface area contributed by atoms with E-state index in [-0.39, 0.29) is 12.4 Å². The Bertz CT molecular complexity index is 749. The number of carbonyl (C=O) groups is 1. The van der Waals surface area contributed by atoms with Crippen LogP contribution in [0.15, 0.2) is 0 Å². The van der Waals surface area contributed by atoms with Crippen molar-refractivity contribution in [2.45, 2.75) is 271 Å². The fraction of sp³-hybridized carbons (Fsp3) is 0.979. The molecular formula is C47H92F3NO3. The Morgan fingerprint density at radius 3 is 1.37 bits per heavy atom. The van der Waals surface area contributed by atoms with E-state index in [0.717, 1.165) is 77.3 Å². The smallest absolute Gasteiger partial charge is 0.389 e. The summed E-state index contributed by atoms with van der Waals surface area (Å²) in [6.45, 7) is 11.9. The lowest BCUT2D eigenvalue weighted by Gasteiger charge is -2.23. The Kier molecular flexibility index (Phi) is 39.8. The third-order valence-electron chi connectivity index (χ3n) is 11.1. The van der Waals surface area contributed by atoms with Crippen molar-refractivity contribution in [1.82, 2.24) is 4.90 Å². The predicted octanol–water partition coefficient (Wildman–Crippen LogP) is 15.9. The van der Waals surface area contributed by atoms with Gasteiger partial charge in [0.05, 0.1) is 18.8 Å². The average Bonchev–Trinajstić information content (AvgIpc) is 3.13. The highest BCUT2D eigenvalue weighted by molar-refractivity contribution is 5.69. The maximum atomic E-state index is 12.8. The number of carbonyl (C=O) groups excluding carboxylic acids is 1. The van der Waals surface area contributed by atoms with E-state index in [9.17, 15) is 18.0 Å². The molecule has 7 heteroatoms. The minimum Gasteiger partial charge on any atom is -0.466 e. The molecule has 0 aromatic carbocycles. The Hall–Kier alpha value is -0.820. The van der Waals surface area contributed by atoms with Crippen molar-refractivity contribution in [2.75, 3.05) is 26.2 Å². The third-order valence-corrected chi connectivity index (χ3v) is 11.1. The number of hydrogen-bond acceptors (Lipinski definition) is 4. The molecule has 0 saturated carbocycles. The van der Waals surface area contributed by atoms with Gasteiger partial charge in [0, 0.05) is 12.8 Å². The molecule has 0 rings (SSSR count). The van der Waals surface area contributed by atoms with Crippen LogP contribution < -0.4 is 0 Å². The van der Waals surface area contributed by atoms with Crippen molar-refractivity contribution in [3.63, 3.8) is 0 Å². The van der Waals surface area contributed by atoms with Crippen LogP contribution in [0, 0.1) is 0 Å². The van der Waals surface area contributed by atoms with Crippen molar-refractivity contribution in [1.29, 1.82) is 0 Å². The highest BCUT2D eigenvalue weighted by atomic mass is 19.4. The summed E-state index contributed by atoms with van der Waals surface area (Å²) in [7, 11) is 0. The Morgan fingerprint density at radius 2 is 0.889 bits per heavy atom. The molecule has 0 aromatic heterocycles. The molecule has 4 nitrogen and oxygen atoms in total. The van der Waals surface area contributed by atoms with Gasteiger partial charge in [0.2, 0.25) is 0 Å². The Balaban J connectivity index is 4.24. The van der Waals surface area contributed by atoms with Crippen LogP contribution in [-0.2, 0) is 14.3 Å². The van der Waals surface area contributed by atoms with Gasteiger partial charge in [-0.05, 0) is 77.9 Å². The zero-order chi connectivity index (χ0) is 39.8. The summed E-state index contributed by atoms with van der Waals surface area (Å²) in [5.74, 6) is -0.0779. The highest BCUT2D eigenvalue weighted by Crippen LogP contribution is 2.23. The number of halogens is 3. The van der Waals surface area contributed by atoms with E-state index >= 15 is 0 Å². The van der Waals surface area contributed by atoms with Crippen LogP contribution in [0.25, 0.3) is 0 Å². The van der Waals surface area contributed by atoms with Gasteiger partial charge in [-0.3, -0.25) is 4.79 Å². The molecule has 0 saturated heterocycles. The summed E-state index contributed by atoms with van der Waals surface area (Å²) in [5, 5.41) is 0. The molecule has 324 valence electrons. The van der Waals surface area contributed by atoms with Crippen LogP contribution in [-0.4, -0.2) is 55.5 Å². The molecule has 0 aliphatic carbocycles. The zero-order valence-electron chi connectivity index (χ0n) is 36.5. The molecule has 0 aromatic rings. The van der Waals surface area contributed by atoms with Crippen LogP contribution in [0.4, 0.5) is 13.2 Å². The molecule has 0 N–H and O–H groups in total. The van der Waals surface area contributed by atoms with E-state index in [4.69, 9.17) is 9.47 Å². The quantitative estimate of drug-likeness (QED) is 0.0457. The normalized spacial score (nSPS) is 12.7. The van der Waals surface area contributed by atoms with Crippen molar-refractivity contribution in [2.24, 2.45) is 0 Å². The van der Waals surface area contributed by atoms with Crippen LogP contribution in [0.3, 0.4) is 0 Å². The van der Waals surface area contributed by atoms with E-state index in [0.29, 0.717) is 31.8 Å². The second kappa shape index (κ2) is 40.4. The van der Waals surface area contributed by atoms with Crippen LogP contribution in [0.1, 0.15) is 252 Å². The largest absolute Gasteiger partial charge is 0.466 e.